The summed E-state index contributed by atoms with van der Waals surface area (Å²) in [6.07, 6.45) is -13.2. The Bertz CT molecular complexity index is 551. The fourth-order valence-corrected chi connectivity index (χ4v) is 3.37. The molecule has 38 heavy (non-hydrogen) atoms. The summed E-state index contributed by atoms with van der Waals surface area (Å²) in [6.45, 7) is -3.04. The van der Waals surface area contributed by atoms with Gasteiger partial charge < -0.3 is 70.4 Å². The third-order valence-electron chi connectivity index (χ3n) is 5.38. The predicted molar refractivity (Wildman–Crippen MR) is 128 cm³/mol. The molecule has 0 aromatic carbocycles. The molecule has 0 spiro atoms. The monoisotopic (exact) mass is 563 g/mol. The van der Waals surface area contributed by atoms with Crippen molar-refractivity contribution >= 4 is 6.47 Å². The first-order valence-corrected chi connectivity index (χ1v) is 12.2. The van der Waals surface area contributed by atoms with Crippen LogP contribution >= 0.6 is 0 Å². The zero-order valence-corrected chi connectivity index (χ0v) is 21.3. The van der Waals surface area contributed by atoms with Crippen molar-refractivity contribution in [3.63, 3.8) is 0 Å². The molecule has 0 bridgehead atoms. The Morgan fingerprint density at radius 3 is 1.34 bits per heavy atom. The number of rotatable bonds is 25. The van der Waals surface area contributed by atoms with Gasteiger partial charge in [-0.3, -0.25) is 9.69 Å². The molecule has 0 aliphatic heterocycles. The van der Waals surface area contributed by atoms with E-state index in [1.807, 2.05) is 0 Å². The molecule has 16 heteroatoms. The molecule has 0 amide bonds. The number of carbonyl (C=O) groups excluding carboxylic acids is 1. The minimum absolute atomic E-state index is 0.172. The highest BCUT2D eigenvalue weighted by Gasteiger charge is 2.31. The highest BCUT2D eigenvalue weighted by atomic mass is 16.5. The van der Waals surface area contributed by atoms with Gasteiger partial charge in [-0.1, -0.05) is 0 Å². The van der Waals surface area contributed by atoms with E-state index in [1.165, 1.54) is 4.90 Å². The lowest BCUT2D eigenvalue weighted by Crippen LogP contribution is -2.51. The number of ether oxygens (including phenoxy) is 3. The number of aliphatic hydroxyl groups excluding tert-OH is 11. The summed E-state index contributed by atoms with van der Waals surface area (Å²) in [6, 6.07) is 0. The number of aliphatic hydroxyl groups is 11. The average molecular weight is 564 g/mol. The van der Waals surface area contributed by atoms with E-state index in [2.05, 4.69) is 4.74 Å². The third-order valence-corrected chi connectivity index (χ3v) is 5.38. The Balaban J connectivity index is 4.84. The number of nitrogens with zero attached hydrogens (tertiary/aromatic N) is 1. The summed E-state index contributed by atoms with van der Waals surface area (Å²) >= 11 is 0. The quantitative estimate of drug-likeness (QED) is 0.0461. The first kappa shape index (κ1) is 36.9. The number of carbonyl (C=O) groups is 1. The SMILES string of the molecule is O=COCC(O)COCC(O)COCC(O)CN(CC(O)C(O)C(O)CCO)CC(O)C(O)C(O)CCO. The predicted octanol–water partition coefficient (Wildman–Crippen LogP) is -6.49. The van der Waals surface area contributed by atoms with E-state index in [4.69, 9.17) is 19.7 Å². The first-order valence-electron chi connectivity index (χ1n) is 12.2. The summed E-state index contributed by atoms with van der Waals surface area (Å²) < 4.78 is 14.6. The van der Waals surface area contributed by atoms with Crippen LogP contribution in [0.4, 0.5) is 0 Å². The Hall–Kier alpha value is -1.09. The topological polar surface area (TPSA) is 271 Å². The summed E-state index contributed by atoms with van der Waals surface area (Å²) in [5.74, 6) is 0. The number of hydrogen-bond acceptors (Lipinski definition) is 16. The fraction of sp³-hybridized carbons (Fsp3) is 0.955. The smallest absolute Gasteiger partial charge is 0.293 e. The van der Waals surface area contributed by atoms with Gasteiger partial charge in [-0.25, -0.2) is 0 Å². The highest BCUT2D eigenvalue weighted by molar-refractivity contribution is 5.36. The lowest BCUT2D eigenvalue weighted by molar-refractivity contribution is -0.133. The van der Waals surface area contributed by atoms with E-state index in [9.17, 15) is 50.8 Å². The molecule has 0 heterocycles. The lowest BCUT2D eigenvalue weighted by atomic mass is 10.0. The van der Waals surface area contributed by atoms with Crippen LogP contribution in [0.3, 0.4) is 0 Å². The van der Waals surface area contributed by atoms with Gasteiger partial charge in [-0.15, -0.1) is 0 Å². The summed E-state index contributed by atoms with van der Waals surface area (Å²) in [5, 5.41) is 108. The highest BCUT2D eigenvalue weighted by Crippen LogP contribution is 2.11. The van der Waals surface area contributed by atoms with E-state index in [0.29, 0.717) is 0 Å². The standard InChI is InChI=1S/C22H45NO15/c24-3-1-17(30)21(34)19(32)6-23(7-20(33)22(35)18(31)2-4-25)5-14(27)8-36-9-15(28)10-37-11-16(29)12-38-13-26/h13-22,24-25,27-35H,1-12H2. The van der Waals surface area contributed by atoms with E-state index in [-0.39, 0.29) is 58.9 Å². The second kappa shape index (κ2) is 21.7. The number of hydrogen-bond donors (Lipinski definition) is 11. The molecule has 0 saturated carbocycles. The van der Waals surface area contributed by atoms with E-state index >= 15 is 0 Å². The molecule has 0 saturated heterocycles. The van der Waals surface area contributed by atoms with Crippen LogP contribution in [0.5, 0.6) is 0 Å². The van der Waals surface area contributed by atoms with Crippen LogP contribution in [0.25, 0.3) is 0 Å². The van der Waals surface area contributed by atoms with Crippen LogP contribution in [0.15, 0.2) is 0 Å². The van der Waals surface area contributed by atoms with Gasteiger partial charge in [0.25, 0.3) is 6.47 Å². The Morgan fingerprint density at radius 1 is 0.553 bits per heavy atom. The molecule has 0 rings (SSSR count). The van der Waals surface area contributed by atoms with Gasteiger partial charge in [-0.2, -0.15) is 0 Å². The zero-order chi connectivity index (χ0) is 29.1. The van der Waals surface area contributed by atoms with Crippen molar-refractivity contribution in [3.8, 4) is 0 Å². The van der Waals surface area contributed by atoms with E-state index < -0.39 is 81.2 Å². The molecule has 0 aromatic heterocycles. The van der Waals surface area contributed by atoms with Crippen molar-refractivity contribution in [1.82, 2.24) is 4.90 Å². The molecular weight excluding hydrogens is 518 g/mol. The van der Waals surface area contributed by atoms with Gasteiger partial charge in [0, 0.05) is 32.8 Å². The molecule has 228 valence electrons. The molecule has 9 unspecified atom stereocenters. The van der Waals surface area contributed by atoms with Gasteiger partial charge in [-0.05, 0) is 12.8 Å². The maximum absolute atomic E-state index is 10.3. The second-order valence-corrected chi connectivity index (χ2v) is 8.96. The van der Waals surface area contributed by atoms with Crippen molar-refractivity contribution in [2.75, 3.05) is 65.9 Å². The van der Waals surface area contributed by atoms with Gasteiger partial charge in [0.2, 0.25) is 0 Å². The van der Waals surface area contributed by atoms with Crippen LogP contribution in [0, 0.1) is 0 Å². The van der Waals surface area contributed by atoms with E-state index in [1.54, 1.807) is 0 Å². The molecule has 9 atom stereocenters. The van der Waals surface area contributed by atoms with Crippen molar-refractivity contribution in [1.29, 1.82) is 0 Å². The van der Waals surface area contributed by atoms with Crippen molar-refractivity contribution in [3.05, 3.63) is 0 Å². The molecule has 16 nitrogen and oxygen atoms in total. The fourth-order valence-electron chi connectivity index (χ4n) is 3.37. The zero-order valence-electron chi connectivity index (χ0n) is 21.3. The maximum atomic E-state index is 10.3. The Morgan fingerprint density at radius 2 is 0.947 bits per heavy atom. The summed E-state index contributed by atoms with van der Waals surface area (Å²) in [7, 11) is 0. The molecular formula is C22H45NO15. The Kier molecular flexibility index (Phi) is 21.1. The minimum Gasteiger partial charge on any atom is -0.465 e. The van der Waals surface area contributed by atoms with Gasteiger partial charge in [0.1, 0.15) is 31.0 Å². The minimum atomic E-state index is -1.67. The Labute approximate surface area is 220 Å². The molecule has 0 radical (unpaired) electrons. The van der Waals surface area contributed by atoms with Crippen LogP contribution < -0.4 is 0 Å². The van der Waals surface area contributed by atoms with E-state index in [0.717, 1.165) is 0 Å². The summed E-state index contributed by atoms with van der Waals surface area (Å²) in [5.41, 5.74) is 0. The van der Waals surface area contributed by atoms with Crippen molar-refractivity contribution < 1.29 is 75.2 Å². The van der Waals surface area contributed by atoms with Gasteiger partial charge >= 0.3 is 0 Å². The van der Waals surface area contributed by atoms with Crippen LogP contribution in [-0.2, 0) is 19.0 Å². The molecule has 0 aliphatic carbocycles. The summed E-state index contributed by atoms with van der Waals surface area (Å²) in [4.78, 5) is 11.3. The van der Waals surface area contributed by atoms with Crippen LogP contribution in [-0.4, -0.2) is 188 Å². The van der Waals surface area contributed by atoms with Crippen LogP contribution in [0.2, 0.25) is 0 Å². The average Bonchev–Trinajstić information content (AvgIpc) is 2.86. The molecule has 0 aliphatic rings. The lowest BCUT2D eigenvalue weighted by Gasteiger charge is -2.33. The van der Waals surface area contributed by atoms with Crippen LogP contribution in [0.1, 0.15) is 12.8 Å². The van der Waals surface area contributed by atoms with Crippen molar-refractivity contribution in [2.45, 2.75) is 67.8 Å². The third kappa shape index (κ3) is 16.8. The first-order chi connectivity index (χ1) is 18.0. The maximum Gasteiger partial charge on any atom is 0.293 e. The largest absolute Gasteiger partial charge is 0.465 e. The van der Waals surface area contributed by atoms with Gasteiger partial charge in [0.05, 0.1) is 56.9 Å². The normalized spacial score (nSPS) is 19.3. The molecule has 11 N–H and O–H groups in total. The molecule has 0 aromatic rings. The van der Waals surface area contributed by atoms with Gasteiger partial charge in [0.15, 0.2) is 0 Å². The second-order valence-electron chi connectivity index (χ2n) is 8.96. The van der Waals surface area contributed by atoms with Crippen molar-refractivity contribution in [2.24, 2.45) is 0 Å². The molecule has 0 fully saturated rings.